The first-order chi connectivity index (χ1) is 5.84. The van der Waals surface area contributed by atoms with E-state index in [0.29, 0.717) is 11.7 Å². The van der Waals surface area contributed by atoms with Gasteiger partial charge in [0.15, 0.2) is 5.82 Å². The van der Waals surface area contributed by atoms with Gasteiger partial charge in [-0.15, -0.1) is 0 Å². The normalized spacial score (nSPS) is 23.2. The number of rotatable bonds is 2. The summed E-state index contributed by atoms with van der Waals surface area (Å²) in [6.07, 6.45) is 1.78. The monoisotopic (exact) mass is 170 g/mol. The Labute approximate surface area is 68.7 Å². The number of aromatic amines is 1. The molecule has 1 aliphatic heterocycles. The molecule has 1 N–H and O–H groups in total. The summed E-state index contributed by atoms with van der Waals surface area (Å²) in [5.74, 6) is 0.616. The van der Waals surface area contributed by atoms with E-state index in [1.165, 1.54) is 0 Å². The molecule has 0 saturated carbocycles. The first-order valence-corrected chi connectivity index (χ1v) is 3.97. The van der Waals surface area contributed by atoms with E-state index in [1.807, 2.05) is 0 Å². The summed E-state index contributed by atoms with van der Waals surface area (Å²) in [7, 11) is 0. The van der Waals surface area contributed by atoms with Crippen LogP contribution in [0.5, 0.6) is 0 Å². The van der Waals surface area contributed by atoms with Gasteiger partial charge in [-0.3, -0.25) is 9.51 Å². The molecule has 0 aromatic carbocycles. The molecule has 0 aliphatic carbocycles. The zero-order valence-corrected chi connectivity index (χ0v) is 6.58. The average Bonchev–Trinajstić information content (AvgIpc) is 2.63. The highest BCUT2D eigenvalue weighted by molar-refractivity contribution is 4.83. The molecular formula is C7H10N2O3. The highest BCUT2D eigenvalue weighted by Crippen LogP contribution is 2.15. The van der Waals surface area contributed by atoms with Crippen LogP contribution in [0.25, 0.3) is 0 Å². The molecule has 0 spiro atoms. The maximum Gasteiger partial charge on any atom is 0.438 e. The number of ether oxygens (including phenoxy) is 1. The van der Waals surface area contributed by atoms with Crippen molar-refractivity contribution in [2.75, 3.05) is 13.2 Å². The van der Waals surface area contributed by atoms with Crippen LogP contribution in [0.15, 0.2) is 9.32 Å². The van der Waals surface area contributed by atoms with E-state index < -0.39 is 5.76 Å². The number of hydrogen-bond donors (Lipinski definition) is 1. The Bertz CT molecular complexity index is 298. The lowest BCUT2D eigenvalue weighted by Gasteiger charge is -2.01. The highest BCUT2D eigenvalue weighted by Gasteiger charge is 2.17. The number of hydrogen-bond acceptors (Lipinski definition) is 4. The number of nitrogens with zero attached hydrogens (tertiary/aromatic N) is 1. The van der Waals surface area contributed by atoms with Crippen molar-refractivity contribution in [3.05, 3.63) is 16.4 Å². The molecule has 1 saturated heterocycles. The van der Waals surface area contributed by atoms with Crippen molar-refractivity contribution in [1.29, 1.82) is 0 Å². The van der Waals surface area contributed by atoms with Crippen LogP contribution in [0, 0.1) is 5.92 Å². The van der Waals surface area contributed by atoms with Crippen LogP contribution in [-0.2, 0) is 11.2 Å². The molecule has 5 heteroatoms. The van der Waals surface area contributed by atoms with Crippen molar-refractivity contribution >= 4 is 0 Å². The van der Waals surface area contributed by atoms with Gasteiger partial charge in [0.25, 0.3) is 0 Å². The number of aromatic nitrogens is 2. The SMILES string of the molecule is O=c1[nH]c(CC2CCOC2)no1. The van der Waals surface area contributed by atoms with Crippen molar-refractivity contribution in [2.45, 2.75) is 12.8 Å². The fourth-order valence-electron chi connectivity index (χ4n) is 1.37. The van der Waals surface area contributed by atoms with E-state index in [2.05, 4.69) is 14.7 Å². The van der Waals surface area contributed by atoms with Crippen molar-refractivity contribution in [2.24, 2.45) is 5.92 Å². The van der Waals surface area contributed by atoms with Crippen molar-refractivity contribution < 1.29 is 9.26 Å². The Morgan fingerprint density at radius 2 is 2.58 bits per heavy atom. The summed E-state index contributed by atoms with van der Waals surface area (Å²) in [4.78, 5) is 13.1. The zero-order chi connectivity index (χ0) is 8.39. The largest absolute Gasteiger partial charge is 0.438 e. The summed E-state index contributed by atoms with van der Waals surface area (Å²) >= 11 is 0. The van der Waals surface area contributed by atoms with Crippen LogP contribution in [0.1, 0.15) is 12.2 Å². The summed E-state index contributed by atoms with van der Waals surface area (Å²) in [5.41, 5.74) is 0. The predicted molar refractivity (Wildman–Crippen MR) is 39.8 cm³/mol. The quantitative estimate of drug-likeness (QED) is 0.675. The third-order valence-corrected chi connectivity index (χ3v) is 1.99. The van der Waals surface area contributed by atoms with E-state index in [-0.39, 0.29) is 0 Å². The van der Waals surface area contributed by atoms with Gasteiger partial charge in [-0.25, -0.2) is 4.79 Å². The molecule has 2 rings (SSSR count). The standard InChI is InChI=1S/C7H10N2O3/c10-7-8-6(9-12-7)3-5-1-2-11-4-5/h5H,1-4H2,(H,8,9,10). The molecule has 66 valence electrons. The predicted octanol–water partition coefficient (Wildman–Crippen LogP) is -0.0581. The van der Waals surface area contributed by atoms with E-state index in [9.17, 15) is 4.79 Å². The molecular weight excluding hydrogens is 160 g/mol. The average molecular weight is 170 g/mol. The van der Waals surface area contributed by atoms with Gasteiger partial charge in [0.1, 0.15) is 0 Å². The fraction of sp³-hybridized carbons (Fsp3) is 0.714. The van der Waals surface area contributed by atoms with Gasteiger partial charge < -0.3 is 4.74 Å². The number of H-pyrrole nitrogens is 1. The third-order valence-electron chi connectivity index (χ3n) is 1.99. The molecule has 1 atom stereocenters. The molecule has 2 heterocycles. The Hall–Kier alpha value is -1.10. The summed E-state index contributed by atoms with van der Waals surface area (Å²) in [5, 5.41) is 3.58. The molecule has 12 heavy (non-hydrogen) atoms. The van der Waals surface area contributed by atoms with Crippen molar-refractivity contribution in [1.82, 2.24) is 10.1 Å². The molecule has 1 aromatic heterocycles. The fourth-order valence-corrected chi connectivity index (χ4v) is 1.37. The molecule has 1 unspecified atom stereocenters. The van der Waals surface area contributed by atoms with E-state index in [4.69, 9.17) is 4.74 Å². The lowest BCUT2D eigenvalue weighted by molar-refractivity contribution is 0.185. The second-order valence-corrected chi connectivity index (χ2v) is 2.98. The highest BCUT2D eigenvalue weighted by atomic mass is 16.5. The van der Waals surface area contributed by atoms with Crippen LogP contribution in [-0.4, -0.2) is 23.4 Å². The summed E-state index contributed by atoms with van der Waals surface area (Å²) in [6, 6.07) is 0. The van der Waals surface area contributed by atoms with Gasteiger partial charge in [0.05, 0.1) is 0 Å². The molecule has 0 amide bonds. The maximum absolute atomic E-state index is 10.5. The van der Waals surface area contributed by atoms with Gasteiger partial charge >= 0.3 is 5.76 Å². The van der Waals surface area contributed by atoms with E-state index in [0.717, 1.165) is 26.1 Å². The minimum Gasteiger partial charge on any atom is -0.381 e. The second-order valence-electron chi connectivity index (χ2n) is 2.98. The molecule has 1 fully saturated rings. The summed E-state index contributed by atoms with van der Waals surface area (Å²) < 4.78 is 9.56. The molecule has 1 aliphatic rings. The van der Waals surface area contributed by atoms with Gasteiger partial charge in [-0.05, 0) is 12.3 Å². The zero-order valence-electron chi connectivity index (χ0n) is 6.58. The Morgan fingerprint density at radius 1 is 1.67 bits per heavy atom. The van der Waals surface area contributed by atoms with Gasteiger partial charge in [0.2, 0.25) is 0 Å². The van der Waals surface area contributed by atoms with Crippen LogP contribution >= 0.6 is 0 Å². The molecule has 0 bridgehead atoms. The minimum atomic E-state index is -0.482. The van der Waals surface area contributed by atoms with E-state index >= 15 is 0 Å². The third kappa shape index (κ3) is 1.55. The Morgan fingerprint density at radius 3 is 3.17 bits per heavy atom. The van der Waals surface area contributed by atoms with Gasteiger partial charge in [-0.1, -0.05) is 5.16 Å². The second kappa shape index (κ2) is 3.10. The van der Waals surface area contributed by atoms with Gasteiger partial charge in [-0.2, -0.15) is 0 Å². The topological polar surface area (TPSA) is 68.1 Å². The van der Waals surface area contributed by atoms with Crippen LogP contribution in [0.2, 0.25) is 0 Å². The molecule has 5 nitrogen and oxygen atoms in total. The van der Waals surface area contributed by atoms with Crippen LogP contribution < -0.4 is 5.76 Å². The molecule has 1 aromatic rings. The van der Waals surface area contributed by atoms with E-state index in [1.54, 1.807) is 0 Å². The first kappa shape index (κ1) is 7.54. The first-order valence-electron chi connectivity index (χ1n) is 3.97. The minimum absolute atomic E-state index is 0.478. The van der Waals surface area contributed by atoms with Gasteiger partial charge in [0, 0.05) is 19.6 Å². The van der Waals surface area contributed by atoms with Crippen LogP contribution in [0.3, 0.4) is 0 Å². The number of nitrogens with one attached hydrogen (secondary N) is 1. The lowest BCUT2D eigenvalue weighted by atomic mass is 10.1. The Balaban J connectivity index is 1.98. The van der Waals surface area contributed by atoms with Crippen molar-refractivity contribution in [3.8, 4) is 0 Å². The smallest absolute Gasteiger partial charge is 0.381 e. The Kier molecular flexibility index (Phi) is 1.95. The lowest BCUT2D eigenvalue weighted by Crippen LogP contribution is -2.06. The summed E-state index contributed by atoms with van der Waals surface area (Å²) in [6.45, 7) is 1.57. The van der Waals surface area contributed by atoms with Crippen molar-refractivity contribution in [3.63, 3.8) is 0 Å². The maximum atomic E-state index is 10.5. The molecule has 0 radical (unpaired) electrons. The van der Waals surface area contributed by atoms with Crippen LogP contribution in [0.4, 0.5) is 0 Å².